The number of hydrogen-bond donors (Lipinski definition) is 3. The molecule has 0 radical (unpaired) electrons. The lowest BCUT2D eigenvalue weighted by Crippen LogP contribution is -2.31. The molecular weight excluding hydrogens is 238 g/mol. The number of hydrogen-bond acceptors (Lipinski definition) is 5. The Kier molecular flexibility index (Phi) is 4.58. The molecule has 5 nitrogen and oxygen atoms in total. The van der Waals surface area contributed by atoms with E-state index in [0.717, 1.165) is 35.5 Å². The Morgan fingerprint density at radius 1 is 1.21 bits per heavy atom. The van der Waals surface area contributed by atoms with Crippen molar-refractivity contribution in [3.05, 3.63) is 11.9 Å². The lowest BCUT2D eigenvalue weighted by molar-refractivity contribution is 0.260. The Labute approximate surface area is 115 Å². The average molecular weight is 263 g/mol. The van der Waals surface area contributed by atoms with Gasteiger partial charge in [0.25, 0.3) is 0 Å². The summed E-state index contributed by atoms with van der Waals surface area (Å²) in [6.07, 6.45) is 6.13. The van der Waals surface area contributed by atoms with Crippen molar-refractivity contribution in [1.82, 2.24) is 9.97 Å². The molecule has 0 saturated heterocycles. The largest absolute Gasteiger partial charge is 0.367 e. The Hall–Kier alpha value is -1.36. The van der Waals surface area contributed by atoms with Crippen molar-refractivity contribution in [1.29, 1.82) is 0 Å². The first-order valence-corrected chi connectivity index (χ1v) is 7.22. The summed E-state index contributed by atoms with van der Waals surface area (Å²) in [5.74, 6) is 8.75. The van der Waals surface area contributed by atoms with Crippen LogP contribution in [0.5, 0.6) is 0 Å². The van der Waals surface area contributed by atoms with Gasteiger partial charge >= 0.3 is 0 Å². The third kappa shape index (κ3) is 3.15. The molecule has 4 N–H and O–H groups in total. The van der Waals surface area contributed by atoms with Crippen LogP contribution in [0, 0.1) is 11.8 Å². The van der Waals surface area contributed by atoms with E-state index < -0.39 is 0 Å². The smallest absolute Gasteiger partial charge is 0.148 e. The molecule has 2 rings (SSSR count). The lowest BCUT2D eigenvalue weighted by Gasteiger charge is -2.33. The molecule has 1 aliphatic rings. The van der Waals surface area contributed by atoms with Crippen LogP contribution < -0.4 is 16.6 Å². The summed E-state index contributed by atoms with van der Waals surface area (Å²) in [5.41, 5.74) is 3.71. The fourth-order valence-electron chi connectivity index (χ4n) is 2.87. The summed E-state index contributed by atoms with van der Waals surface area (Å²) in [6, 6.07) is 0.511. The van der Waals surface area contributed by atoms with E-state index in [1.165, 1.54) is 19.3 Å². The van der Waals surface area contributed by atoms with Gasteiger partial charge in [-0.15, -0.1) is 0 Å². The van der Waals surface area contributed by atoms with Crippen LogP contribution >= 0.6 is 0 Å². The predicted octanol–water partition coefficient (Wildman–Crippen LogP) is 2.56. The molecule has 19 heavy (non-hydrogen) atoms. The zero-order chi connectivity index (χ0) is 13.8. The minimum Gasteiger partial charge on any atom is -0.367 e. The Bertz CT molecular complexity index is 420. The summed E-state index contributed by atoms with van der Waals surface area (Å²) < 4.78 is 0. The number of nitrogens with zero attached hydrogens (tertiary/aromatic N) is 2. The van der Waals surface area contributed by atoms with Gasteiger partial charge in [-0.05, 0) is 37.5 Å². The number of nitrogen functional groups attached to an aromatic ring is 1. The number of anilines is 2. The second kappa shape index (κ2) is 6.19. The zero-order valence-corrected chi connectivity index (χ0v) is 12.1. The molecule has 1 aromatic rings. The minimum atomic E-state index is 0.511. The molecule has 0 amide bonds. The van der Waals surface area contributed by atoms with Gasteiger partial charge < -0.3 is 10.7 Å². The number of hydrazine groups is 1. The van der Waals surface area contributed by atoms with E-state index in [1.807, 2.05) is 0 Å². The van der Waals surface area contributed by atoms with E-state index in [-0.39, 0.29) is 0 Å². The second-order valence-electron chi connectivity index (χ2n) is 5.66. The molecule has 1 aromatic heterocycles. The fraction of sp³-hybridized carbons (Fsp3) is 0.714. The van der Waals surface area contributed by atoms with Crippen LogP contribution in [0.1, 0.15) is 45.6 Å². The normalized spacial score (nSPS) is 27.1. The quantitative estimate of drug-likeness (QED) is 0.575. The maximum Gasteiger partial charge on any atom is 0.148 e. The molecule has 106 valence electrons. The molecule has 1 aliphatic carbocycles. The van der Waals surface area contributed by atoms with Gasteiger partial charge in [-0.2, -0.15) is 0 Å². The number of nitrogens with one attached hydrogen (secondary N) is 2. The predicted molar refractivity (Wildman–Crippen MR) is 78.8 cm³/mol. The third-order valence-corrected chi connectivity index (χ3v) is 4.37. The Balaban J connectivity index is 2.11. The van der Waals surface area contributed by atoms with Crippen LogP contribution in [-0.4, -0.2) is 16.0 Å². The molecule has 1 heterocycles. The molecule has 0 bridgehead atoms. The summed E-state index contributed by atoms with van der Waals surface area (Å²) in [7, 11) is 0. The van der Waals surface area contributed by atoms with E-state index in [0.29, 0.717) is 6.04 Å². The average Bonchev–Trinajstić information content (AvgIpc) is 2.42. The van der Waals surface area contributed by atoms with Crippen molar-refractivity contribution in [3.63, 3.8) is 0 Å². The topological polar surface area (TPSA) is 75.9 Å². The summed E-state index contributed by atoms with van der Waals surface area (Å²) in [5, 5.41) is 3.58. The van der Waals surface area contributed by atoms with E-state index in [2.05, 4.69) is 41.5 Å². The maximum atomic E-state index is 5.50. The first-order chi connectivity index (χ1) is 9.15. The lowest BCUT2D eigenvalue weighted by atomic mass is 9.79. The summed E-state index contributed by atoms with van der Waals surface area (Å²) in [4.78, 5) is 8.54. The number of aromatic nitrogens is 2. The Morgan fingerprint density at radius 3 is 2.58 bits per heavy atom. The minimum absolute atomic E-state index is 0.511. The molecule has 3 unspecified atom stereocenters. The monoisotopic (exact) mass is 263 g/mol. The molecule has 3 atom stereocenters. The fourth-order valence-corrected chi connectivity index (χ4v) is 2.87. The molecule has 1 saturated carbocycles. The van der Waals surface area contributed by atoms with Gasteiger partial charge in [-0.3, -0.25) is 0 Å². The van der Waals surface area contributed by atoms with E-state index in [9.17, 15) is 0 Å². The molecule has 0 aliphatic heterocycles. The molecular formula is C14H25N5. The van der Waals surface area contributed by atoms with Gasteiger partial charge in [0.05, 0.1) is 0 Å². The van der Waals surface area contributed by atoms with Gasteiger partial charge in [0.1, 0.15) is 18.0 Å². The number of rotatable bonds is 4. The van der Waals surface area contributed by atoms with Gasteiger partial charge in [-0.1, -0.05) is 20.8 Å². The van der Waals surface area contributed by atoms with Gasteiger partial charge in [-0.25, -0.2) is 15.8 Å². The van der Waals surface area contributed by atoms with Crippen molar-refractivity contribution in [2.24, 2.45) is 17.7 Å². The first kappa shape index (κ1) is 14.1. The molecule has 0 aromatic carbocycles. The highest BCUT2D eigenvalue weighted by Crippen LogP contribution is 2.31. The van der Waals surface area contributed by atoms with Gasteiger partial charge in [0, 0.05) is 11.6 Å². The van der Waals surface area contributed by atoms with Crippen LogP contribution in [0.15, 0.2) is 6.33 Å². The molecule has 0 spiro atoms. The van der Waals surface area contributed by atoms with Gasteiger partial charge in [0.15, 0.2) is 0 Å². The maximum absolute atomic E-state index is 5.50. The highest BCUT2D eigenvalue weighted by molar-refractivity contribution is 5.57. The van der Waals surface area contributed by atoms with Crippen LogP contribution in [0.25, 0.3) is 0 Å². The van der Waals surface area contributed by atoms with Crippen molar-refractivity contribution < 1.29 is 0 Å². The van der Waals surface area contributed by atoms with Crippen molar-refractivity contribution in [2.75, 3.05) is 10.7 Å². The number of nitrogens with two attached hydrogens (primary N) is 1. The highest BCUT2D eigenvalue weighted by atomic mass is 15.3. The van der Waals surface area contributed by atoms with E-state index in [1.54, 1.807) is 6.33 Å². The van der Waals surface area contributed by atoms with Crippen molar-refractivity contribution in [2.45, 2.75) is 52.5 Å². The van der Waals surface area contributed by atoms with E-state index >= 15 is 0 Å². The van der Waals surface area contributed by atoms with Crippen LogP contribution in [0.2, 0.25) is 0 Å². The third-order valence-electron chi connectivity index (χ3n) is 4.37. The van der Waals surface area contributed by atoms with Crippen LogP contribution in [-0.2, 0) is 6.42 Å². The zero-order valence-electron chi connectivity index (χ0n) is 12.1. The summed E-state index contributed by atoms with van der Waals surface area (Å²) in [6.45, 7) is 6.78. The second-order valence-corrected chi connectivity index (χ2v) is 5.66. The Morgan fingerprint density at radius 2 is 1.95 bits per heavy atom. The molecule has 5 heteroatoms. The summed E-state index contributed by atoms with van der Waals surface area (Å²) >= 11 is 0. The van der Waals surface area contributed by atoms with Crippen LogP contribution in [0.3, 0.4) is 0 Å². The standard InChI is InChI=1S/C14H25N5/c1-4-12-13(16-8-17-14(12)19-15)18-11-6-5-9(2)10(3)7-11/h8-11H,4-7,15H2,1-3H3,(H2,16,17,18,19). The van der Waals surface area contributed by atoms with Crippen molar-refractivity contribution in [3.8, 4) is 0 Å². The van der Waals surface area contributed by atoms with Gasteiger partial charge in [0.2, 0.25) is 0 Å². The van der Waals surface area contributed by atoms with E-state index in [4.69, 9.17) is 5.84 Å². The SMILES string of the molecule is CCc1c(NN)ncnc1NC1CCC(C)C(C)C1. The highest BCUT2D eigenvalue weighted by Gasteiger charge is 2.25. The van der Waals surface area contributed by atoms with Crippen molar-refractivity contribution >= 4 is 11.6 Å². The van der Waals surface area contributed by atoms with Crippen LogP contribution in [0.4, 0.5) is 11.6 Å². The molecule has 1 fully saturated rings. The first-order valence-electron chi connectivity index (χ1n) is 7.22.